The van der Waals surface area contributed by atoms with Crippen molar-refractivity contribution in [3.63, 3.8) is 0 Å². The monoisotopic (exact) mass is 256 g/mol. The van der Waals surface area contributed by atoms with Crippen molar-refractivity contribution in [1.82, 2.24) is 14.4 Å². The highest BCUT2D eigenvalue weighted by Crippen LogP contribution is 2.26. The Labute approximate surface area is 117 Å². The molecule has 3 heterocycles. The average Bonchev–Trinajstić information content (AvgIpc) is 2.77. The molecule has 3 aromatic rings. The van der Waals surface area contributed by atoms with Crippen LogP contribution in [0.5, 0.6) is 0 Å². The Bertz CT molecular complexity index is 870. The van der Waals surface area contributed by atoms with E-state index in [0.29, 0.717) is 11.2 Å². The maximum atomic E-state index is 7.80. The maximum Gasteiger partial charge on any atom is 0.146 e. The van der Waals surface area contributed by atoms with E-state index in [0.717, 1.165) is 16.8 Å². The molecule has 0 radical (unpaired) electrons. The van der Waals surface area contributed by atoms with Crippen molar-refractivity contribution < 1.29 is 4.11 Å². The molecule has 0 fully saturated rings. The Morgan fingerprint density at radius 3 is 2.68 bits per heavy atom. The van der Waals surface area contributed by atoms with Crippen LogP contribution in [0.2, 0.25) is 0 Å². The van der Waals surface area contributed by atoms with Gasteiger partial charge in [-0.25, -0.2) is 4.98 Å². The lowest BCUT2D eigenvalue weighted by molar-refractivity contribution is 0.571. The fourth-order valence-corrected chi connectivity index (χ4v) is 2.32. The van der Waals surface area contributed by atoms with E-state index in [9.17, 15) is 0 Å². The molecule has 0 saturated heterocycles. The summed E-state index contributed by atoms with van der Waals surface area (Å²) in [5.74, 6) is 0. The molecule has 19 heavy (non-hydrogen) atoms. The number of aryl methyl sites for hydroxylation is 2. The van der Waals surface area contributed by atoms with Crippen molar-refractivity contribution in [1.29, 1.82) is 0 Å². The normalized spacial score (nSPS) is 15.5. The number of nitrogens with zero attached hydrogens (tertiary/aromatic N) is 3. The quantitative estimate of drug-likeness (QED) is 0.612. The van der Waals surface area contributed by atoms with Crippen LogP contribution in [-0.2, 0) is 5.41 Å². The van der Waals surface area contributed by atoms with Gasteiger partial charge in [0.05, 0.1) is 5.52 Å². The number of rotatable bonds is 0. The van der Waals surface area contributed by atoms with E-state index in [4.69, 9.17) is 4.11 Å². The first kappa shape index (κ1) is 9.08. The van der Waals surface area contributed by atoms with E-state index in [1.165, 1.54) is 0 Å². The molecule has 0 N–H and O–H groups in total. The molecule has 3 aromatic heterocycles. The molecule has 3 nitrogen and oxygen atoms in total. The molecule has 0 bridgehead atoms. The van der Waals surface area contributed by atoms with Gasteiger partial charge in [0, 0.05) is 38.2 Å². The summed E-state index contributed by atoms with van der Waals surface area (Å²) in [6.07, 6.45) is 1.70. The highest BCUT2D eigenvalue weighted by atomic mass is 15.0. The minimum Gasteiger partial charge on any atom is -0.301 e. The van der Waals surface area contributed by atoms with Gasteiger partial charge in [0.2, 0.25) is 0 Å². The third-order valence-corrected chi connectivity index (χ3v) is 3.39. The highest BCUT2D eigenvalue weighted by molar-refractivity contribution is 5.92. The molecular formula is C16H19N3. The van der Waals surface area contributed by atoms with Crippen molar-refractivity contribution in [2.24, 2.45) is 0 Å². The SMILES string of the molecule is [2H]C([2H])([2H])c1cc2nc(C(C)(C)C)ccc2c2ncc(C)n12. The van der Waals surface area contributed by atoms with Gasteiger partial charge in [0.1, 0.15) is 5.65 Å². The number of fused-ring (bicyclic) bond motifs is 3. The van der Waals surface area contributed by atoms with Crippen LogP contribution >= 0.6 is 0 Å². The zero-order chi connectivity index (χ0) is 16.3. The Hall–Kier alpha value is -1.90. The Balaban J connectivity index is 2.44. The summed E-state index contributed by atoms with van der Waals surface area (Å²) in [7, 11) is 0. The van der Waals surface area contributed by atoms with Gasteiger partial charge < -0.3 is 4.40 Å². The van der Waals surface area contributed by atoms with E-state index in [1.54, 1.807) is 16.7 Å². The predicted molar refractivity (Wildman–Crippen MR) is 78.7 cm³/mol. The number of hydrogen-bond acceptors (Lipinski definition) is 2. The second kappa shape index (κ2) is 3.80. The van der Waals surface area contributed by atoms with Gasteiger partial charge in [-0.1, -0.05) is 20.8 Å². The van der Waals surface area contributed by atoms with Crippen molar-refractivity contribution >= 4 is 16.6 Å². The van der Waals surface area contributed by atoms with Gasteiger partial charge in [0.25, 0.3) is 0 Å². The lowest BCUT2D eigenvalue weighted by Crippen LogP contribution is -2.13. The van der Waals surface area contributed by atoms with Gasteiger partial charge in [0.15, 0.2) is 0 Å². The van der Waals surface area contributed by atoms with Crippen LogP contribution in [0, 0.1) is 13.8 Å². The van der Waals surface area contributed by atoms with Crippen molar-refractivity contribution in [2.75, 3.05) is 0 Å². The molecule has 0 aromatic carbocycles. The van der Waals surface area contributed by atoms with Crippen LogP contribution in [0.4, 0.5) is 0 Å². The molecule has 3 heteroatoms. The van der Waals surface area contributed by atoms with Crippen LogP contribution < -0.4 is 0 Å². The minimum absolute atomic E-state index is 0.0915. The summed E-state index contributed by atoms with van der Waals surface area (Å²) in [6, 6.07) is 5.63. The lowest BCUT2D eigenvalue weighted by atomic mass is 9.91. The Morgan fingerprint density at radius 1 is 1.21 bits per heavy atom. The molecule has 0 amide bonds. The number of imidazole rings is 1. The van der Waals surface area contributed by atoms with Crippen LogP contribution in [-0.4, -0.2) is 14.4 Å². The average molecular weight is 256 g/mol. The van der Waals surface area contributed by atoms with E-state index < -0.39 is 6.85 Å². The van der Waals surface area contributed by atoms with Gasteiger partial charge in [-0.3, -0.25) is 4.98 Å². The Kier molecular flexibility index (Phi) is 1.81. The fraction of sp³-hybridized carbons (Fsp3) is 0.375. The first-order valence-corrected chi connectivity index (χ1v) is 6.38. The molecule has 0 saturated carbocycles. The third kappa shape index (κ3) is 1.81. The topological polar surface area (TPSA) is 30.2 Å². The van der Waals surface area contributed by atoms with Crippen molar-refractivity contribution in [3.05, 3.63) is 41.5 Å². The standard InChI is InChI=1S/C16H19N3/c1-10-8-13-12(15-17-9-11(2)19(10)15)6-7-14(18-13)16(3,4)5/h6-9H,1-5H3/i1D3. The van der Waals surface area contributed by atoms with E-state index in [-0.39, 0.29) is 11.1 Å². The smallest absolute Gasteiger partial charge is 0.146 e. The van der Waals surface area contributed by atoms with Gasteiger partial charge >= 0.3 is 0 Å². The largest absolute Gasteiger partial charge is 0.301 e. The predicted octanol–water partition coefficient (Wildman–Crippen LogP) is 3.80. The van der Waals surface area contributed by atoms with Gasteiger partial charge in [-0.05, 0) is 32.0 Å². The molecule has 0 atom stereocenters. The summed E-state index contributed by atoms with van der Waals surface area (Å²) >= 11 is 0. The summed E-state index contributed by atoms with van der Waals surface area (Å²) in [5.41, 5.74) is 3.23. The fourth-order valence-electron chi connectivity index (χ4n) is 2.32. The van der Waals surface area contributed by atoms with Crippen LogP contribution in [0.1, 0.15) is 42.0 Å². The zero-order valence-corrected chi connectivity index (χ0v) is 11.7. The van der Waals surface area contributed by atoms with Crippen LogP contribution in [0.3, 0.4) is 0 Å². The molecular weight excluding hydrogens is 234 g/mol. The number of hydrogen-bond donors (Lipinski definition) is 0. The molecule has 0 aliphatic rings. The molecule has 0 spiro atoms. The minimum atomic E-state index is -2.21. The lowest BCUT2D eigenvalue weighted by Gasteiger charge is -2.18. The molecule has 0 aliphatic carbocycles. The van der Waals surface area contributed by atoms with Crippen molar-refractivity contribution in [2.45, 2.75) is 40.0 Å². The summed E-state index contributed by atoms with van der Waals surface area (Å²) in [4.78, 5) is 9.06. The zero-order valence-electron chi connectivity index (χ0n) is 14.7. The van der Waals surface area contributed by atoms with E-state index >= 15 is 0 Å². The first-order chi connectivity index (χ1) is 10.1. The van der Waals surface area contributed by atoms with Gasteiger partial charge in [-0.2, -0.15) is 0 Å². The first-order valence-electron chi connectivity index (χ1n) is 7.88. The summed E-state index contributed by atoms with van der Waals surface area (Å²) in [6.45, 7) is 5.91. The molecule has 3 rings (SSSR count). The second-order valence-electron chi connectivity index (χ2n) is 5.97. The highest BCUT2D eigenvalue weighted by Gasteiger charge is 2.17. The third-order valence-electron chi connectivity index (χ3n) is 3.39. The van der Waals surface area contributed by atoms with E-state index in [1.807, 2.05) is 19.1 Å². The van der Waals surface area contributed by atoms with Crippen molar-refractivity contribution in [3.8, 4) is 0 Å². The van der Waals surface area contributed by atoms with E-state index in [2.05, 4.69) is 30.7 Å². The van der Waals surface area contributed by atoms with Crippen LogP contribution in [0.15, 0.2) is 24.4 Å². The Morgan fingerprint density at radius 2 is 2.00 bits per heavy atom. The maximum absolute atomic E-state index is 7.80. The second-order valence-corrected chi connectivity index (χ2v) is 5.97. The number of pyridine rings is 2. The molecule has 0 aliphatic heterocycles. The molecule has 0 unspecified atom stereocenters. The number of aromatic nitrogens is 3. The van der Waals surface area contributed by atoms with Crippen LogP contribution in [0.25, 0.3) is 16.6 Å². The summed E-state index contributed by atoms with van der Waals surface area (Å²) in [5, 5.41) is 0.870. The molecule has 98 valence electrons. The summed E-state index contributed by atoms with van der Waals surface area (Å²) < 4.78 is 25.1. The van der Waals surface area contributed by atoms with Gasteiger partial charge in [-0.15, -0.1) is 0 Å².